The molecule has 0 bridgehead atoms. The third kappa shape index (κ3) is 3.13. The van der Waals surface area contributed by atoms with E-state index in [-0.39, 0.29) is 30.0 Å². The summed E-state index contributed by atoms with van der Waals surface area (Å²) in [6, 6.07) is 8.06. The number of rotatable bonds is 2. The van der Waals surface area contributed by atoms with Gasteiger partial charge in [-0.05, 0) is 12.5 Å². The first kappa shape index (κ1) is 14.0. The second kappa shape index (κ2) is 5.30. The van der Waals surface area contributed by atoms with Gasteiger partial charge in [0.1, 0.15) is 6.04 Å². The van der Waals surface area contributed by atoms with Crippen molar-refractivity contribution in [2.45, 2.75) is 19.0 Å². The number of nitrogens with two attached hydrogens (primary N) is 1. The maximum absolute atomic E-state index is 12.3. The van der Waals surface area contributed by atoms with E-state index in [1.54, 1.807) is 24.0 Å². The van der Waals surface area contributed by atoms with Crippen LogP contribution in [-0.2, 0) is 14.6 Å². The molecule has 2 atom stereocenters. The number of hydrogen-bond acceptors (Lipinski definition) is 4. The lowest BCUT2D eigenvalue weighted by Gasteiger charge is -2.34. The molecule has 104 valence electrons. The fourth-order valence-electron chi connectivity index (χ4n) is 2.31. The number of amides is 1. The first-order valence-electron chi connectivity index (χ1n) is 6.22. The smallest absolute Gasteiger partial charge is 0.244 e. The molecule has 1 saturated heterocycles. The number of carbonyl (C=O) groups is 1. The minimum absolute atomic E-state index is 0.0141. The summed E-state index contributed by atoms with van der Waals surface area (Å²) in [6.45, 7) is 1.97. The molecule has 6 heteroatoms. The summed E-state index contributed by atoms with van der Waals surface area (Å²) in [6.07, 6.45) is 0. The van der Waals surface area contributed by atoms with Gasteiger partial charge in [0, 0.05) is 12.6 Å². The Hall–Kier alpha value is -1.40. The van der Waals surface area contributed by atoms with Gasteiger partial charge in [0.05, 0.1) is 11.5 Å². The summed E-state index contributed by atoms with van der Waals surface area (Å²) >= 11 is 0. The molecular weight excluding hydrogens is 264 g/mol. The van der Waals surface area contributed by atoms with Crippen molar-refractivity contribution in [3.05, 3.63) is 35.9 Å². The predicted octanol–water partition coefficient (Wildman–Crippen LogP) is 0.332. The van der Waals surface area contributed by atoms with Gasteiger partial charge in [-0.2, -0.15) is 0 Å². The molecule has 19 heavy (non-hydrogen) atoms. The van der Waals surface area contributed by atoms with E-state index in [1.807, 2.05) is 18.2 Å². The van der Waals surface area contributed by atoms with Crippen molar-refractivity contribution in [3.63, 3.8) is 0 Å². The van der Waals surface area contributed by atoms with E-state index in [2.05, 4.69) is 0 Å². The van der Waals surface area contributed by atoms with Crippen LogP contribution in [0.15, 0.2) is 30.3 Å². The molecule has 1 fully saturated rings. The van der Waals surface area contributed by atoms with Crippen molar-refractivity contribution in [1.29, 1.82) is 0 Å². The Morgan fingerprint density at radius 3 is 2.58 bits per heavy atom. The van der Waals surface area contributed by atoms with Crippen LogP contribution in [0.25, 0.3) is 0 Å². The molecule has 1 aromatic rings. The summed E-state index contributed by atoms with van der Waals surface area (Å²) in [4.78, 5) is 13.9. The van der Waals surface area contributed by atoms with Gasteiger partial charge >= 0.3 is 0 Å². The van der Waals surface area contributed by atoms with Gasteiger partial charge in [0.15, 0.2) is 9.84 Å². The van der Waals surface area contributed by atoms with Gasteiger partial charge in [0.2, 0.25) is 5.91 Å². The van der Waals surface area contributed by atoms with E-state index >= 15 is 0 Å². The lowest BCUT2D eigenvalue weighted by atomic mass is 10.1. The van der Waals surface area contributed by atoms with Crippen molar-refractivity contribution < 1.29 is 13.2 Å². The van der Waals surface area contributed by atoms with Crippen LogP contribution in [0.4, 0.5) is 0 Å². The van der Waals surface area contributed by atoms with Crippen molar-refractivity contribution >= 4 is 15.7 Å². The topological polar surface area (TPSA) is 80.5 Å². The Bertz CT molecular complexity index is 557. The van der Waals surface area contributed by atoms with E-state index in [1.165, 1.54) is 0 Å². The average molecular weight is 282 g/mol. The summed E-state index contributed by atoms with van der Waals surface area (Å²) in [7, 11) is -3.02. The van der Waals surface area contributed by atoms with Crippen molar-refractivity contribution in [1.82, 2.24) is 4.90 Å². The lowest BCUT2D eigenvalue weighted by molar-refractivity contribution is -0.134. The van der Waals surface area contributed by atoms with E-state index < -0.39 is 15.9 Å². The zero-order valence-electron chi connectivity index (χ0n) is 10.8. The van der Waals surface area contributed by atoms with E-state index in [9.17, 15) is 13.2 Å². The molecule has 0 aromatic heterocycles. The Morgan fingerprint density at radius 1 is 1.37 bits per heavy atom. The first-order chi connectivity index (χ1) is 8.91. The van der Waals surface area contributed by atoms with Crippen molar-refractivity contribution in [2.24, 2.45) is 5.73 Å². The normalized spacial score (nSPS) is 23.9. The highest BCUT2D eigenvalue weighted by Gasteiger charge is 2.33. The molecule has 5 nitrogen and oxygen atoms in total. The van der Waals surface area contributed by atoms with Crippen LogP contribution in [0.1, 0.15) is 18.5 Å². The SMILES string of the molecule is CC1CS(=O)(=O)CCN1C(=O)[C@H](N)c1ccccc1. The molecule has 0 spiro atoms. The maximum atomic E-state index is 12.3. The Labute approximate surface area is 113 Å². The minimum atomic E-state index is -3.02. The van der Waals surface area contributed by atoms with E-state index in [4.69, 9.17) is 5.73 Å². The van der Waals surface area contributed by atoms with E-state index in [0.717, 1.165) is 5.56 Å². The second-order valence-electron chi connectivity index (χ2n) is 4.88. The highest BCUT2D eigenvalue weighted by molar-refractivity contribution is 7.91. The standard InChI is InChI=1S/C13H18N2O3S/c1-10-9-19(17,18)8-7-15(10)13(16)12(14)11-5-3-2-4-6-11/h2-6,10,12H,7-9,14H2,1H3/t10?,12-/m1/s1. The number of nitrogens with zero attached hydrogens (tertiary/aromatic N) is 1. The van der Waals surface area contributed by atoms with Crippen LogP contribution in [0.3, 0.4) is 0 Å². The molecule has 1 aliphatic rings. The Kier molecular flexibility index (Phi) is 3.91. The average Bonchev–Trinajstić information content (AvgIpc) is 2.37. The molecule has 1 aromatic carbocycles. The number of hydrogen-bond donors (Lipinski definition) is 1. The summed E-state index contributed by atoms with van der Waals surface area (Å²) in [5.41, 5.74) is 6.70. The maximum Gasteiger partial charge on any atom is 0.244 e. The van der Waals surface area contributed by atoms with Crippen LogP contribution in [0.2, 0.25) is 0 Å². The predicted molar refractivity (Wildman–Crippen MR) is 73.2 cm³/mol. The van der Waals surface area contributed by atoms with Crippen LogP contribution < -0.4 is 5.73 Å². The first-order valence-corrected chi connectivity index (χ1v) is 8.04. The molecule has 1 unspecified atom stereocenters. The molecule has 1 aliphatic heterocycles. The number of benzene rings is 1. The van der Waals surface area contributed by atoms with Gasteiger partial charge in [-0.1, -0.05) is 30.3 Å². The van der Waals surface area contributed by atoms with Crippen LogP contribution in [-0.4, -0.2) is 43.3 Å². The fourth-order valence-corrected chi connectivity index (χ4v) is 3.86. The minimum Gasteiger partial charge on any atom is -0.336 e. The van der Waals surface area contributed by atoms with Crippen LogP contribution >= 0.6 is 0 Å². The molecule has 0 radical (unpaired) electrons. The number of carbonyl (C=O) groups excluding carboxylic acids is 1. The van der Waals surface area contributed by atoms with Crippen molar-refractivity contribution in [3.8, 4) is 0 Å². The lowest BCUT2D eigenvalue weighted by Crippen LogP contribution is -2.52. The molecule has 1 heterocycles. The highest BCUT2D eigenvalue weighted by atomic mass is 32.2. The van der Waals surface area contributed by atoms with Gasteiger partial charge in [-0.15, -0.1) is 0 Å². The monoisotopic (exact) mass is 282 g/mol. The summed E-state index contributed by atoms with van der Waals surface area (Å²) in [5.74, 6) is -0.182. The van der Waals surface area contributed by atoms with Crippen LogP contribution in [0.5, 0.6) is 0 Å². The van der Waals surface area contributed by atoms with Gasteiger partial charge in [-0.25, -0.2) is 8.42 Å². The zero-order chi connectivity index (χ0) is 14.0. The molecule has 0 saturated carbocycles. The van der Waals surface area contributed by atoms with E-state index in [0.29, 0.717) is 0 Å². The Balaban J connectivity index is 2.12. The largest absolute Gasteiger partial charge is 0.336 e. The molecule has 2 N–H and O–H groups in total. The summed E-state index contributed by atoms with van der Waals surface area (Å²) in [5, 5.41) is 0. The highest BCUT2D eigenvalue weighted by Crippen LogP contribution is 2.18. The van der Waals surface area contributed by atoms with Gasteiger partial charge in [0.25, 0.3) is 0 Å². The Morgan fingerprint density at radius 2 is 2.00 bits per heavy atom. The molecule has 2 rings (SSSR count). The summed E-state index contributed by atoms with van der Waals surface area (Å²) < 4.78 is 23.0. The molecule has 1 amide bonds. The van der Waals surface area contributed by atoms with Crippen LogP contribution in [0, 0.1) is 0 Å². The second-order valence-corrected chi connectivity index (χ2v) is 7.11. The third-order valence-electron chi connectivity index (χ3n) is 3.38. The molecular formula is C13H18N2O3S. The molecule has 0 aliphatic carbocycles. The third-order valence-corrected chi connectivity index (χ3v) is 5.17. The quantitative estimate of drug-likeness (QED) is 0.847. The zero-order valence-corrected chi connectivity index (χ0v) is 11.6. The van der Waals surface area contributed by atoms with Crippen molar-refractivity contribution in [2.75, 3.05) is 18.1 Å². The number of sulfone groups is 1. The van der Waals surface area contributed by atoms with Gasteiger partial charge < -0.3 is 10.6 Å². The van der Waals surface area contributed by atoms with Gasteiger partial charge in [-0.3, -0.25) is 4.79 Å². The fraction of sp³-hybridized carbons (Fsp3) is 0.462.